The number of nitrogens with zero attached hydrogens (tertiary/aromatic N) is 2. The molecule has 0 spiro atoms. The number of nitrogens with one attached hydrogen (secondary N) is 2. The van der Waals surface area contributed by atoms with Gasteiger partial charge in [-0.1, -0.05) is 17.0 Å². The fraction of sp³-hybridized carbons (Fsp3) is 0.267. The van der Waals surface area contributed by atoms with E-state index in [2.05, 4.69) is 27.6 Å². The second kappa shape index (κ2) is 5.77. The third kappa shape index (κ3) is 2.72. The van der Waals surface area contributed by atoms with Gasteiger partial charge in [-0.2, -0.15) is 0 Å². The Morgan fingerprint density at radius 3 is 2.50 bits per heavy atom. The van der Waals surface area contributed by atoms with Crippen LogP contribution in [0.2, 0.25) is 0 Å². The summed E-state index contributed by atoms with van der Waals surface area (Å²) in [7, 11) is 0. The van der Waals surface area contributed by atoms with Crippen LogP contribution in [-0.4, -0.2) is 47.0 Å². The number of rotatable bonds is 1. The van der Waals surface area contributed by atoms with Crippen molar-refractivity contribution < 1.29 is 14.8 Å². The van der Waals surface area contributed by atoms with E-state index in [4.69, 9.17) is 5.21 Å². The lowest BCUT2D eigenvalue weighted by Gasteiger charge is -2.33. The molecule has 2 heterocycles. The average molecular weight is 298 g/mol. The Hall–Kier alpha value is -3.01. The monoisotopic (exact) mass is 298 g/mol. The van der Waals surface area contributed by atoms with E-state index >= 15 is 0 Å². The van der Waals surface area contributed by atoms with Crippen molar-refractivity contribution in [2.24, 2.45) is 5.16 Å². The number of amides is 3. The predicted molar refractivity (Wildman–Crippen MR) is 78.3 cm³/mol. The lowest BCUT2D eigenvalue weighted by molar-refractivity contribution is -0.119. The minimum atomic E-state index is -0.817. The maximum Gasteiger partial charge on any atom is 0.322 e. The van der Waals surface area contributed by atoms with Crippen LogP contribution in [0, 0.1) is 11.8 Å². The lowest BCUT2D eigenvalue weighted by Crippen LogP contribution is -2.42. The summed E-state index contributed by atoms with van der Waals surface area (Å²) in [4.78, 5) is 24.3. The molecule has 112 valence electrons. The molecule has 22 heavy (non-hydrogen) atoms. The highest BCUT2D eigenvalue weighted by Crippen LogP contribution is 2.14. The molecule has 3 amide bonds. The van der Waals surface area contributed by atoms with E-state index in [0.717, 1.165) is 25.1 Å². The van der Waals surface area contributed by atoms with Crippen LogP contribution in [0.4, 0.5) is 4.79 Å². The van der Waals surface area contributed by atoms with E-state index in [1.165, 1.54) is 0 Å². The Morgan fingerprint density at radius 2 is 2.00 bits per heavy atom. The van der Waals surface area contributed by atoms with Crippen LogP contribution in [0.3, 0.4) is 0 Å². The molecule has 0 aromatic heterocycles. The van der Waals surface area contributed by atoms with Crippen molar-refractivity contribution in [1.29, 1.82) is 0 Å². The van der Waals surface area contributed by atoms with Gasteiger partial charge in [0, 0.05) is 24.2 Å². The van der Waals surface area contributed by atoms with Crippen LogP contribution in [0.15, 0.2) is 29.4 Å². The maximum absolute atomic E-state index is 11.4. The summed E-state index contributed by atoms with van der Waals surface area (Å²) < 4.78 is 0. The molecule has 2 aliphatic heterocycles. The summed E-state index contributed by atoms with van der Waals surface area (Å²) >= 11 is 0. The molecule has 0 radical (unpaired) electrons. The first-order valence-corrected chi connectivity index (χ1v) is 6.88. The van der Waals surface area contributed by atoms with Crippen LogP contribution in [0.25, 0.3) is 0 Å². The summed E-state index contributed by atoms with van der Waals surface area (Å²) in [6, 6.07) is 5.83. The number of carbonyl (C=O) groups excluding carboxylic acids is 2. The maximum atomic E-state index is 11.4. The van der Waals surface area contributed by atoms with Gasteiger partial charge in [0.2, 0.25) is 0 Å². The fourth-order valence-corrected chi connectivity index (χ4v) is 2.21. The quantitative estimate of drug-likeness (QED) is 0.171. The molecule has 7 heteroatoms. The average Bonchev–Trinajstić information content (AvgIpc) is 2.79. The number of carbonyl (C=O) groups is 2. The van der Waals surface area contributed by atoms with Gasteiger partial charge >= 0.3 is 6.03 Å². The van der Waals surface area contributed by atoms with E-state index in [9.17, 15) is 9.59 Å². The van der Waals surface area contributed by atoms with Crippen molar-refractivity contribution in [3.05, 3.63) is 35.4 Å². The van der Waals surface area contributed by atoms with Crippen molar-refractivity contribution in [2.45, 2.75) is 12.5 Å². The molecular formula is C15H14N4O3. The third-order valence-corrected chi connectivity index (χ3v) is 3.53. The smallest absolute Gasteiger partial charge is 0.322 e. The molecule has 1 atom stereocenters. The molecule has 3 rings (SSSR count). The normalized spacial score (nSPS) is 20.6. The topological polar surface area (TPSA) is 94.0 Å². The van der Waals surface area contributed by atoms with Crippen molar-refractivity contribution in [3.8, 4) is 11.8 Å². The molecule has 1 aromatic rings. The van der Waals surface area contributed by atoms with Gasteiger partial charge in [-0.05, 0) is 30.7 Å². The van der Waals surface area contributed by atoms with Gasteiger partial charge in [0.1, 0.15) is 0 Å². The first-order valence-electron chi connectivity index (χ1n) is 6.88. The Bertz CT molecular complexity index is 696. The lowest BCUT2D eigenvalue weighted by atomic mass is 10.1. The molecule has 0 saturated carbocycles. The second-order valence-corrected chi connectivity index (χ2v) is 5.01. The molecule has 2 aliphatic rings. The number of hydrogen-bond donors (Lipinski definition) is 3. The van der Waals surface area contributed by atoms with Gasteiger partial charge in [-0.3, -0.25) is 10.1 Å². The number of amidine groups is 1. The molecule has 7 nitrogen and oxygen atoms in total. The van der Waals surface area contributed by atoms with E-state index in [-0.39, 0.29) is 0 Å². The van der Waals surface area contributed by atoms with Crippen molar-refractivity contribution in [3.63, 3.8) is 0 Å². The molecular weight excluding hydrogens is 284 g/mol. The first kappa shape index (κ1) is 13.9. The number of imide groups is 1. The third-order valence-electron chi connectivity index (χ3n) is 3.53. The van der Waals surface area contributed by atoms with Crippen LogP contribution in [-0.2, 0) is 4.79 Å². The van der Waals surface area contributed by atoms with Gasteiger partial charge in [0.15, 0.2) is 11.9 Å². The minimum absolute atomic E-state index is 0.443. The summed E-state index contributed by atoms with van der Waals surface area (Å²) in [6.45, 7) is 1.77. The highest BCUT2D eigenvalue weighted by Gasteiger charge is 2.27. The van der Waals surface area contributed by atoms with Gasteiger partial charge in [-0.15, -0.1) is 0 Å². The van der Waals surface area contributed by atoms with Crippen LogP contribution >= 0.6 is 0 Å². The van der Waals surface area contributed by atoms with Crippen molar-refractivity contribution in [1.82, 2.24) is 15.5 Å². The highest BCUT2D eigenvalue weighted by molar-refractivity contribution is 6.05. The summed E-state index contributed by atoms with van der Waals surface area (Å²) in [5.41, 5.74) is 1.51. The molecule has 0 aliphatic carbocycles. The minimum Gasteiger partial charge on any atom is -0.409 e. The number of urea groups is 1. The predicted octanol–water partition coefficient (Wildman–Crippen LogP) is 0.0876. The van der Waals surface area contributed by atoms with Crippen LogP contribution in [0.1, 0.15) is 17.5 Å². The largest absolute Gasteiger partial charge is 0.409 e. The van der Waals surface area contributed by atoms with Crippen LogP contribution < -0.4 is 10.6 Å². The standard InChI is InChI=1S/C15H14N4O3/c20-14-12(16-15(21)17-14)7-4-10-2-5-11(6-3-10)13(18-22)19-8-1-9-19/h2-3,5-6,12,22H,1,8-9H2,(H2,16,17,20,21)/b18-13-/t12-/m0/s1. The summed E-state index contributed by atoms with van der Waals surface area (Å²) in [6.07, 6.45) is 1.09. The summed E-state index contributed by atoms with van der Waals surface area (Å²) in [5, 5.41) is 17.0. The molecule has 1 aromatic carbocycles. The number of benzene rings is 1. The van der Waals surface area contributed by atoms with E-state index in [1.807, 2.05) is 17.0 Å². The van der Waals surface area contributed by atoms with E-state index in [0.29, 0.717) is 11.4 Å². The van der Waals surface area contributed by atoms with Gasteiger partial charge in [-0.25, -0.2) is 4.79 Å². The van der Waals surface area contributed by atoms with Crippen molar-refractivity contribution >= 4 is 17.8 Å². The van der Waals surface area contributed by atoms with Crippen molar-refractivity contribution in [2.75, 3.05) is 13.1 Å². The second-order valence-electron chi connectivity index (χ2n) is 5.01. The SMILES string of the molecule is O=C1NC(=O)[C@H](C#Cc2ccc(/C(=N/O)N3CCC3)cc2)N1. The zero-order valence-corrected chi connectivity index (χ0v) is 11.7. The van der Waals surface area contributed by atoms with Gasteiger partial charge < -0.3 is 15.4 Å². The highest BCUT2D eigenvalue weighted by atomic mass is 16.4. The first-order chi connectivity index (χ1) is 10.7. The number of hydrogen-bond acceptors (Lipinski definition) is 4. The Labute approximate surface area is 127 Å². The Kier molecular flexibility index (Phi) is 3.66. The van der Waals surface area contributed by atoms with E-state index in [1.54, 1.807) is 12.1 Å². The molecule has 2 saturated heterocycles. The molecule has 2 fully saturated rings. The van der Waals surface area contributed by atoms with Crippen LogP contribution in [0.5, 0.6) is 0 Å². The van der Waals surface area contributed by atoms with E-state index < -0.39 is 18.0 Å². The molecule has 0 unspecified atom stereocenters. The zero-order valence-electron chi connectivity index (χ0n) is 11.7. The number of oxime groups is 1. The Balaban J connectivity index is 1.72. The Morgan fingerprint density at radius 1 is 1.27 bits per heavy atom. The number of likely N-dealkylation sites (tertiary alicyclic amines) is 1. The fourth-order valence-electron chi connectivity index (χ4n) is 2.21. The molecule has 3 N–H and O–H groups in total. The molecule has 0 bridgehead atoms. The summed E-state index contributed by atoms with van der Waals surface area (Å²) in [5.74, 6) is 5.65. The van der Waals surface area contributed by atoms with Gasteiger partial charge in [0.25, 0.3) is 5.91 Å². The zero-order chi connectivity index (χ0) is 15.5. The van der Waals surface area contributed by atoms with Gasteiger partial charge in [0.05, 0.1) is 0 Å².